The summed E-state index contributed by atoms with van der Waals surface area (Å²) in [5.41, 5.74) is 9.77. The van der Waals surface area contributed by atoms with Gasteiger partial charge in [0.15, 0.2) is 0 Å². The van der Waals surface area contributed by atoms with E-state index in [1.807, 2.05) is 0 Å². The summed E-state index contributed by atoms with van der Waals surface area (Å²) in [5.74, 6) is -0.690. The average Bonchev–Trinajstić information content (AvgIpc) is 2.79. The van der Waals surface area contributed by atoms with Gasteiger partial charge in [0.05, 0.1) is 23.9 Å². The van der Waals surface area contributed by atoms with E-state index in [1.165, 1.54) is 29.2 Å². The highest BCUT2D eigenvalue weighted by Gasteiger charge is 2.33. The van der Waals surface area contributed by atoms with Crippen LogP contribution in [0.25, 0.3) is 0 Å². The molecule has 0 unspecified atom stereocenters. The molecule has 0 saturated carbocycles. The zero-order chi connectivity index (χ0) is 14.9. The van der Waals surface area contributed by atoms with Crippen LogP contribution in [-0.4, -0.2) is 15.7 Å². The van der Waals surface area contributed by atoms with Crippen LogP contribution in [0.1, 0.15) is 21.5 Å². The Morgan fingerprint density at radius 1 is 1.35 bits per heavy atom. The summed E-state index contributed by atoms with van der Waals surface area (Å²) >= 11 is 0. The molecule has 1 amide bonds. The molecule has 0 aliphatic carbocycles. The number of nitrogens with two attached hydrogens (primary N) is 2. The van der Waals surface area contributed by atoms with Crippen molar-refractivity contribution in [3.8, 4) is 0 Å². The Balaban J connectivity index is 2.35. The van der Waals surface area contributed by atoms with Crippen LogP contribution in [0.4, 0.5) is 18.9 Å². The van der Waals surface area contributed by atoms with E-state index in [1.54, 1.807) is 0 Å². The van der Waals surface area contributed by atoms with E-state index in [2.05, 4.69) is 5.10 Å². The summed E-state index contributed by atoms with van der Waals surface area (Å²) in [6, 6.07) is 3.53. The summed E-state index contributed by atoms with van der Waals surface area (Å²) in [6.07, 6.45) is -2.02. The SMILES string of the molecule is NC(=O)c1cnn(Cc2ccc(N)cc2C(F)(F)F)c1. The molecule has 0 aliphatic heterocycles. The van der Waals surface area contributed by atoms with E-state index in [0.717, 1.165) is 6.07 Å². The predicted molar refractivity (Wildman–Crippen MR) is 65.7 cm³/mol. The van der Waals surface area contributed by atoms with Crippen molar-refractivity contribution in [2.75, 3.05) is 5.73 Å². The molecular weight excluding hydrogens is 273 g/mol. The molecule has 106 valence electrons. The third-order valence-corrected chi connectivity index (χ3v) is 2.69. The molecule has 2 aromatic rings. The normalized spacial score (nSPS) is 11.6. The van der Waals surface area contributed by atoms with Crippen LogP contribution in [0, 0.1) is 0 Å². The third kappa shape index (κ3) is 2.90. The van der Waals surface area contributed by atoms with Gasteiger partial charge in [0.1, 0.15) is 0 Å². The zero-order valence-corrected chi connectivity index (χ0v) is 10.2. The molecular formula is C12H11F3N4O. The van der Waals surface area contributed by atoms with E-state index in [9.17, 15) is 18.0 Å². The topological polar surface area (TPSA) is 86.9 Å². The van der Waals surface area contributed by atoms with E-state index in [4.69, 9.17) is 11.5 Å². The number of halogens is 3. The van der Waals surface area contributed by atoms with Crippen molar-refractivity contribution < 1.29 is 18.0 Å². The lowest BCUT2D eigenvalue weighted by Crippen LogP contribution is -2.13. The number of hydrogen-bond acceptors (Lipinski definition) is 3. The summed E-state index contributed by atoms with van der Waals surface area (Å²) in [5, 5.41) is 3.80. The number of rotatable bonds is 3. The number of nitrogen functional groups attached to an aromatic ring is 1. The molecule has 0 bridgehead atoms. The molecule has 20 heavy (non-hydrogen) atoms. The van der Waals surface area contributed by atoms with Gasteiger partial charge in [-0.05, 0) is 17.7 Å². The minimum absolute atomic E-state index is 0.00539. The second-order valence-corrected chi connectivity index (χ2v) is 4.21. The first-order valence-electron chi connectivity index (χ1n) is 5.55. The highest BCUT2D eigenvalue weighted by Crippen LogP contribution is 2.33. The largest absolute Gasteiger partial charge is 0.416 e. The molecule has 1 heterocycles. The molecule has 1 aromatic carbocycles. The lowest BCUT2D eigenvalue weighted by molar-refractivity contribution is -0.138. The first kappa shape index (κ1) is 13.9. The second kappa shape index (κ2) is 4.87. The van der Waals surface area contributed by atoms with Gasteiger partial charge in [0, 0.05) is 11.9 Å². The van der Waals surface area contributed by atoms with Gasteiger partial charge in [-0.25, -0.2) is 0 Å². The van der Waals surface area contributed by atoms with E-state index in [-0.39, 0.29) is 23.4 Å². The Hall–Kier alpha value is -2.51. The van der Waals surface area contributed by atoms with Crippen LogP contribution in [0.2, 0.25) is 0 Å². The Labute approximate surface area is 112 Å². The minimum Gasteiger partial charge on any atom is -0.399 e. The summed E-state index contributed by atoms with van der Waals surface area (Å²) in [7, 11) is 0. The zero-order valence-electron chi connectivity index (χ0n) is 10.2. The molecule has 4 N–H and O–H groups in total. The molecule has 1 aromatic heterocycles. The van der Waals surface area contributed by atoms with Crippen molar-refractivity contribution in [1.29, 1.82) is 0 Å². The minimum atomic E-state index is -4.51. The Morgan fingerprint density at radius 3 is 2.60 bits per heavy atom. The van der Waals surface area contributed by atoms with Crippen molar-refractivity contribution in [3.63, 3.8) is 0 Å². The highest BCUT2D eigenvalue weighted by atomic mass is 19.4. The van der Waals surface area contributed by atoms with Crippen molar-refractivity contribution >= 4 is 11.6 Å². The lowest BCUT2D eigenvalue weighted by atomic mass is 10.1. The van der Waals surface area contributed by atoms with Gasteiger partial charge in [-0.1, -0.05) is 6.07 Å². The lowest BCUT2D eigenvalue weighted by Gasteiger charge is -2.13. The molecule has 0 aliphatic rings. The standard InChI is InChI=1S/C12H11F3N4O/c13-12(14,15)10-3-9(16)2-1-7(10)5-19-6-8(4-18-19)11(17)20/h1-4,6H,5,16H2,(H2,17,20). The van der Waals surface area contributed by atoms with Crippen molar-refractivity contribution in [2.45, 2.75) is 12.7 Å². The second-order valence-electron chi connectivity index (χ2n) is 4.21. The van der Waals surface area contributed by atoms with Crippen LogP contribution < -0.4 is 11.5 Å². The Kier molecular flexibility index (Phi) is 3.39. The van der Waals surface area contributed by atoms with Crippen LogP contribution >= 0.6 is 0 Å². The van der Waals surface area contributed by atoms with Crippen LogP contribution in [0.5, 0.6) is 0 Å². The van der Waals surface area contributed by atoms with Crippen molar-refractivity contribution in [3.05, 3.63) is 47.3 Å². The summed E-state index contributed by atoms with van der Waals surface area (Å²) in [6.45, 7) is -0.137. The number of nitrogens with zero attached hydrogens (tertiary/aromatic N) is 2. The molecule has 0 fully saturated rings. The fourth-order valence-electron chi connectivity index (χ4n) is 1.75. The third-order valence-electron chi connectivity index (χ3n) is 2.69. The van der Waals surface area contributed by atoms with Crippen LogP contribution in [-0.2, 0) is 12.7 Å². The van der Waals surface area contributed by atoms with E-state index >= 15 is 0 Å². The smallest absolute Gasteiger partial charge is 0.399 e. The van der Waals surface area contributed by atoms with Gasteiger partial charge in [-0.15, -0.1) is 0 Å². The Morgan fingerprint density at radius 2 is 2.05 bits per heavy atom. The number of alkyl halides is 3. The van der Waals surface area contributed by atoms with Crippen molar-refractivity contribution in [2.24, 2.45) is 5.73 Å². The van der Waals surface area contributed by atoms with Crippen LogP contribution in [0.3, 0.4) is 0 Å². The molecule has 2 rings (SSSR count). The number of primary amides is 1. The van der Waals surface area contributed by atoms with Gasteiger partial charge < -0.3 is 11.5 Å². The van der Waals surface area contributed by atoms with Crippen LogP contribution in [0.15, 0.2) is 30.6 Å². The molecule has 0 atom stereocenters. The molecule has 0 spiro atoms. The van der Waals surface area contributed by atoms with Gasteiger partial charge in [0.25, 0.3) is 5.91 Å². The van der Waals surface area contributed by atoms with Gasteiger partial charge in [0.2, 0.25) is 0 Å². The average molecular weight is 284 g/mol. The first-order chi connectivity index (χ1) is 9.27. The number of aromatic nitrogens is 2. The van der Waals surface area contributed by atoms with Gasteiger partial charge in [-0.2, -0.15) is 18.3 Å². The van der Waals surface area contributed by atoms with E-state index in [0.29, 0.717) is 0 Å². The number of amides is 1. The highest BCUT2D eigenvalue weighted by molar-refractivity contribution is 5.92. The quantitative estimate of drug-likeness (QED) is 0.840. The molecule has 0 saturated heterocycles. The predicted octanol–water partition coefficient (Wildman–Crippen LogP) is 1.63. The fourth-order valence-corrected chi connectivity index (χ4v) is 1.75. The number of hydrogen-bond donors (Lipinski definition) is 2. The number of anilines is 1. The molecule has 8 heteroatoms. The maximum atomic E-state index is 12.9. The number of benzene rings is 1. The van der Waals surface area contributed by atoms with E-state index < -0.39 is 17.6 Å². The van der Waals surface area contributed by atoms with Gasteiger partial charge in [-0.3, -0.25) is 9.48 Å². The maximum absolute atomic E-state index is 12.9. The summed E-state index contributed by atoms with van der Waals surface area (Å²) < 4.78 is 39.9. The number of carbonyl (C=O) groups excluding carboxylic acids is 1. The Bertz CT molecular complexity index is 648. The van der Waals surface area contributed by atoms with Crippen molar-refractivity contribution in [1.82, 2.24) is 9.78 Å². The molecule has 5 nitrogen and oxygen atoms in total. The summed E-state index contributed by atoms with van der Waals surface area (Å²) in [4.78, 5) is 10.9. The number of carbonyl (C=O) groups is 1. The maximum Gasteiger partial charge on any atom is 0.416 e. The monoisotopic (exact) mass is 284 g/mol. The van der Waals surface area contributed by atoms with Gasteiger partial charge >= 0.3 is 6.18 Å². The fraction of sp³-hybridized carbons (Fsp3) is 0.167. The molecule has 0 radical (unpaired) electrons. The first-order valence-corrected chi connectivity index (χ1v) is 5.55.